The van der Waals surface area contributed by atoms with E-state index in [0.717, 1.165) is 42.6 Å². The minimum atomic E-state index is -0.957. The second kappa shape index (κ2) is 27.7. The van der Waals surface area contributed by atoms with Crippen LogP contribution in [0.15, 0.2) is 86.5 Å². The zero-order valence-electron chi connectivity index (χ0n) is 36.3. The molecule has 0 saturated carbocycles. The first-order valence-corrected chi connectivity index (χ1v) is 20.5. The lowest BCUT2D eigenvalue weighted by molar-refractivity contribution is -0.145. The van der Waals surface area contributed by atoms with Gasteiger partial charge in [-0.3, -0.25) is 9.69 Å². The van der Waals surface area contributed by atoms with Gasteiger partial charge in [0.05, 0.1) is 82.6 Å². The largest absolute Gasteiger partial charge is 0.460 e. The third-order valence-corrected chi connectivity index (χ3v) is 10.1. The molecule has 1 unspecified atom stereocenters. The Hall–Kier alpha value is -5.23. The highest BCUT2D eigenvalue weighted by molar-refractivity contribution is 6.03. The highest BCUT2D eigenvalue weighted by atomic mass is 16.6. The summed E-state index contributed by atoms with van der Waals surface area (Å²) < 4.78 is 49.5. The van der Waals surface area contributed by atoms with Gasteiger partial charge in [-0.25, -0.2) is 19.2 Å². The first-order valence-electron chi connectivity index (χ1n) is 20.5. The van der Waals surface area contributed by atoms with Gasteiger partial charge in [0, 0.05) is 42.6 Å². The van der Waals surface area contributed by atoms with Crippen molar-refractivity contribution in [3.8, 4) is 0 Å². The molecule has 0 radical (unpaired) electrons. The molecule has 16 nitrogen and oxygen atoms in total. The maximum absolute atomic E-state index is 14.1. The SMILES string of the molecule is C=CC(=O)OCCOCC(COCCOC(=O)C=C)(COCCOC(=O)C=C)COCCOC(=O)c1ccc(CC(CC)(C(=O)c2ccc(N3CCOCC3)cc2)N(C)C)cc1. The number of rotatable bonds is 31. The molecule has 62 heavy (non-hydrogen) atoms. The fourth-order valence-corrected chi connectivity index (χ4v) is 6.52. The van der Waals surface area contributed by atoms with Crippen molar-refractivity contribution < 1.29 is 66.6 Å². The third-order valence-electron chi connectivity index (χ3n) is 10.1. The molecule has 0 bridgehead atoms. The number of Topliss-reactive ketones (excluding diaryl/α,β-unsaturated/α-hetero) is 1. The highest BCUT2D eigenvalue weighted by Crippen LogP contribution is 2.29. The van der Waals surface area contributed by atoms with E-state index in [-0.39, 0.29) is 85.1 Å². The molecule has 16 heteroatoms. The van der Waals surface area contributed by atoms with E-state index in [9.17, 15) is 24.0 Å². The predicted molar refractivity (Wildman–Crippen MR) is 230 cm³/mol. The summed E-state index contributed by atoms with van der Waals surface area (Å²) in [4.78, 5) is 65.9. The molecule has 1 saturated heterocycles. The average molecular weight is 867 g/mol. The number of ether oxygens (including phenoxy) is 9. The Morgan fingerprint density at radius 1 is 0.629 bits per heavy atom. The lowest BCUT2D eigenvalue weighted by Crippen LogP contribution is -2.52. The Balaban J connectivity index is 1.61. The van der Waals surface area contributed by atoms with Gasteiger partial charge in [0.15, 0.2) is 5.78 Å². The monoisotopic (exact) mass is 866 g/mol. The molecule has 3 rings (SSSR count). The summed E-state index contributed by atoms with van der Waals surface area (Å²) in [6.45, 7) is 15.1. The maximum Gasteiger partial charge on any atom is 0.338 e. The van der Waals surface area contributed by atoms with Gasteiger partial charge >= 0.3 is 23.9 Å². The highest BCUT2D eigenvalue weighted by Gasteiger charge is 2.40. The summed E-state index contributed by atoms with van der Waals surface area (Å²) in [5.74, 6) is -2.32. The van der Waals surface area contributed by atoms with Crippen molar-refractivity contribution in [2.24, 2.45) is 5.41 Å². The Morgan fingerprint density at radius 3 is 1.45 bits per heavy atom. The number of benzene rings is 2. The van der Waals surface area contributed by atoms with Crippen LogP contribution in [0.5, 0.6) is 0 Å². The topological polar surface area (TPSA) is 175 Å². The zero-order valence-corrected chi connectivity index (χ0v) is 36.3. The first kappa shape index (κ1) is 51.1. The van der Waals surface area contributed by atoms with Crippen molar-refractivity contribution in [3.05, 3.63) is 103 Å². The van der Waals surface area contributed by atoms with Gasteiger partial charge in [-0.15, -0.1) is 0 Å². The molecule has 2 aromatic rings. The van der Waals surface area contributed by atoms with Crippen LogP contribution < -0.4 is 4.90 Å². The number of ketones is 1. The maximum atomic E-state index is 14.1. The number of carbonyl (C=O) groups is 5. The number of carbonyl (C=O) groups excluding carboxylic acids is 5. The van der Waals surface area contributed by atoms with Gasteiger partial charge in [0.1, 0.15) is 26.4 Å². The molecular weight excluding hydrogens is 805 g/mol. The summed E-state index contributed by atoms with van der Waals surface area (Å²) in [6.07, 6.45) is 4.13. The fourth-order valence-electron chi connectivity index (χ4n) is 6.52. The van der Waals surface area contributed by atoms with Crippen LogP contribution in [0, 0.1) is 5.41 Å². The van der Waals surface area contributed by atoms with E-state index >= 15 is 0 Å². The number of likely N-dealkylation sites (N-methyl/N-ethyl adjacent to an activating group) is 1. The molecule has 1 aliphatic rings. The lowest BCUT2D eigenvalue weighted by atomic mass is 9.80. The van der Waals surface area contributed by atoms with Crippen molar-refractivity contribution in [1.82, 2.24) is 4.90 Å². The van der Waals surface area contributed by atoms with Crippen molar-refractivity contribution in [1.29, 1.82) is 0 Å². The minimum Gasteiger partial charge on any atom is -0.460 e. The number of hydrogen-bond donors (Lipinski definition) is 0. The standard InChI is InChI=1S/C46H62N2O14/c1-7-40(49)59-27-23-55-32-45(33-56-24-28-60-41(50)8-2,34-57-25-29-61-42(51)9-3)35-58-26-30-62-44(53)38-13-11-36(12-14-38)31-46(10-4,47(5)6)43(52)37-15-17-39(18-16-37)48-19-21-54-22-20-48/h7-9,11-18H,1-3,10,19-35H2,4-6H3. The zero-order chi connectivity index (χ0) is 45.2. The van der Waals surface area contributed by atoms with Crippen LogP contribution >= 0.6 is 0 Å². The van der Waals surface area contributed by atoms with E-state index in [2.05, 4.69) is 24.6 Å². The number of hydrogen-bond acceptors (Lipinski definition) is 16. The summed E-state index contributed by atoms with van der Waals surface area (Å²) in [5, 5.41) is 0. The van der Waals surface area contributed by atoms with Crippen LogP contribution in [0.2, 0.25) is 0 Å². The molecule has 0 aliphatic carbocycles. The molecule has 0 N–H and O–H groups in total. The molecule has 1 aliphatic heterocycles. The van der Waals surface area contributed by atoms with Crippen LogP contribution in [0.1, 0.15) is 39.6 Å². The molecule has 0 spiro atoms. The summed E-state index contributed by atoms with van der Waals surface area (Å²) in [5.41, 5.74) is 1.14. The summed E-state index contributed by atoms with van der Waals surface area (Å²) >= 11 is 0. The number of nitrogens with zero attached hydrogens (tertiary/aromatic N) is 2. The average Bonchev–Trinajstić information content (AvgIpc) is 3.30. The van der Waals surface area contributed by atoms with Crippen LogP contribution in [0.3, 0.4) is 0 Å². The molecule has 2 aromatic carbocycles. The van der Waals surface area contributed by atoms with Crippen LogP contribution in [-0.2, 0) is 63.4 Å². The molecule has 1 atom stereocenters. The molecular formula is C46H62N2O14. The number of anilines is 1. The van der Waals surface area contributed by atoms with E-state index in [1.54, 1.807) is 12.1 Å². The van der Waals surface area contributed by atoms with Crippen LogP contribution in [-0.4, -0.2) is 160 Å². The normalized spacial score (nSPS) is 13.7. The quantitative estimate of drug-likeness (QED) is 0.0349. The third kappa shape index (κ3) is 16.9. The first-order chi connectivity index (χ1) is 29.9. The molecule has 340 valence electrons. The van der Waals surface area contributed by atoms with Crippen molar-refractivity contribution in [2.75, 3.05) is 125 Å². The van der Waals surface area contributed by atoms with E-state index in [1.807, 2.05) is 62.3 Å². The van der Waals surface area contributed by atoms with E-state index in [4.69, 9.17) is 42.6 Å². The minimum absolute atomic E-state index is 0.00632. The van der Waals surface area contributed by atoms with E-state index in [0.29, 0.717) is 37.2 Å². The predicted octanol–water partition coefficient (Wildman–Crippen LogP) is 4.06. The number of esters is 4. The summed E-state index contributed by atoms with van der Waals surface area (Å²) in [7, 11) is 3.82. The van der Waals surface area contributed by atoms with Crippen LogP contribution in [0.25, 0.3) is 0 Å². The Bertz CT molecular complexity index is 1670. The Labute approximate surface area is 364 Å². The molecule has 0 amide bonds. The van der Waals surface area contributed by atoms with Crippen LogP contribution in [0.4, 0.5) is 5.69 Å². The molecule has 0 aromatic heterocycles. The smallest absolute Gasteiger partial charge is 0.338 e. The van der Waals surface area contributed by atoms with Gasteiger partial charge in [-0.2, -0.15) is 0 Å². The van der Waals surface area contributed by atoms with Gasteiger partial charge in [-0.05, 0) is 68.9 Å². The molecule has 1 fully saturated rings. The van der Waals surface area contributed by atoms with Gasteiger partial charge in [-0.1, -0.05) is 38.8 Å². The van der Waals surface area contributed by atoms with Crippen molar-refractivity contribution in [2.45, 2.75) is 25.3 Å². The van der Waals surface area contributed by atoms with E-state index in [1.165, 1.54) is 0 Å². The van der Waals surface area contributed by atoms with E-state index < -0.39 is 34.8 Å². The van der Waals surface area contributed by atoms with Crippen molar-refractivity contribution in [3.63, 3.8) is 0 Å². The van der Waals surface area contributed by atoms with Crippen molar-refractivity contribution >= 4 is 35.3 Å². The second-order valence-corrected chi connectivity index (χ2v) is 14.6. The van der Waals surface area contributed by atoms with Gasteiger partial charge < -0.3 is 47.5 Å². The Kier molecular flexibility index (Phi) is 22.8. The fraction of sp³-hybridized carbons (Fsp3) is 0.500. The lowest BCUT2D eigenvalue weighted by Gasteiger charge is -2.38. The Morgan fingerprint density at radius 2 is 1.05 bits per heavy atom. The summed E-state index contributed by atoms with van der Waals surface area (Å²) in [6, 6.07) is 14.8. The van der Waals surface area contributed by atoms with Gasteiger partial charge in [0.2, 0.25) is 0 Å². The van der Waals surface area contributed by atoms with Gasteiger partial charge in [0.25, 0.3) is 0 Å². The second-order valence-electron chi connectivity index (χ2n) is 14.6. The number of morpholine rings is 1. The molecule has 1 heterocycles.